The third-order valence-corrected chi connectivity index (χ3v) is 4.15. The lowest BCUT2D eigenvalue weighted by molar-refractivity contribution is -0.0503. The number of ether oxygens (including phenoxy) is 1. The minimum Gasteiger partial charge on any atom is -0.435 e. The average molecular weight is 330 g/mol. The molecule has 112 valence electrons. The minimum atomic E-state index is -2.86. The van der Waals surface area contributed by atoms with Crippen LogP contribution in [0.1, 0.15) is 11.1 Å². The molecule has 2 nitrogen and oxygen atoms in total. The van der Waals surface area contributed by atoms with E-state index in [-0.39, 0.29) is 5.75 Å². The second-order valence-electron chi connectivity index (χ2n) is 4.46. The Morgan fingerprint density at radius 3 is 2.71 bits per heavy atom. The van der Waals surface area contributed by atoms with E-state index in [9.17, 15) is 8.78 Å². The van der Waals surface area contributed by atoms with Gasteiger partial charge in [0.1, 0.15) is 5.75 Å². The Morgan fingerprint density at radius 2 is 2.00 bits per heavy atom. The van der Waals surface area contributed by atoms with E-state index in [1.165, 1.54) is 23.9 Å². The van der Waals surface area contributed by atoms with E-state index in [2.05, 4.69) is 4.74 Å². The van der Waals surface area contributed by atoms with Crippen molar-refractivity contribution in [1.29, 1.82) is 0 Å². The van der Waals surface area contributed by atoms with Crippen molar-refractivity contribution in [2.75, 3.05) is 5.73 Å². The summed E-state index contributed by atoms with van der Waals surface area (Å²) in [6, 6.07) is 10.3. The molecule has 0 spiro atoms. The maximum atomic E-state index is 12.4. The zero-order valence-corrected chi connectivity index (χ0v) is 12.8. The van der Waals surface area contributed by atoms with Gasteiger partial charge in [-0.1, -0.05) is 17.7 Å². The van der Waals surface area contributed by atoms with Crippen molar-refractivity contribution in [2.24, 2.45) is 0 Å². The molecule has 21 heavy (non-hydrogen) atoms. The van der Waals surface area contributed by atoms with Crippen LogP contribution in [0.4, 0.5) is 14.5 Å². The fourth-order valence-corrected chi connectivity index (χ4v) is 3.03. The molecule has 6 heteroatoms. The fraction of sp³-hybridized carbons (Fsp3) is 0.200. The molecule has 0 fully saturated rings. The summed E-state index contributed by atoms with van der Waals surface area (Å²) in [6.07, 6.45) is 0. The van der Waals surface area contributed by atoms with Gasteiger partial charge in [0, 0.05) is 26.9 Å². The quantitative estimate of drug-likeness (QED) is 0.610. The molecule has 0 aliphatic carbocycles. The van der Waals surface area contributed by atoms with Gasteiger partial charge < -0.3 is 10.5 Å². The minimum absolute atomic E-state index is 0.133. The van der Waals surface area contributed by atoms with Gasteiger partial charge in [0.2, 0.25) is 0 Å². The first-order valence-corrected chi connectivity index (χ1v) is 7.54. The number of halogens is 3. The molecule has 0 atom stereocenters. The summed E-state index contributed by atoms with van der Waals surface area (Å²) in [4.78, 5) is 0.901. The van der Waals surface area contributed by atoms with Crippen LogP contribution in [-0.2, 0) is 5.75 Å². The number of rotatable bonds is 5. The van der Waals surface area contributed by atoms with Crippen LogP contribution in [0.3, 0.4) is 0 Å². The van der Waals surface area contributed by atoms with Gasteiger partial charge in [-0.15, -0.1) is 11.8 Å². The summed E-state index contributed by atoms with van der Waals surface area (Å²) >= 11 is 7.37. The summed E-state index contributed by atoms with van der Waals surface area (Å²) in [5.41, 5.74) is 8.25. The molecule has 2 rings (SSSR count). The normalized spacial score (nSPS) is 10.9. The molecule has 2 aromatic rings. The van der Waals surface area contributed by atoms with Gasteiger partial charge in [0.15, 0.2) is 0 Å². The van der Waals surface area contributed by atoms with E-state index in [1.807, 2.05) is 25.1 Å². The van der Waals surface area contributed by atoms with Gasteiger partial charge in [0.25, 0.3) is 0 Å². The van der Waals surface area contributed by atoms with E-state index in [1.54, 1.807) is 6.07 Å². The van der Waals surface area contributed by atoms with Crippen molar-refractivity contribution in [3.05, 3.63) is 52.5 Å². The van der Waals surface area contributed by atoms with Gasteiger partial charge in [0.05, 0.1) is 0 Å². The molecule has 0 unspecified atom stereocenters. The van der Waals surface area contributed by atoms with Crippen molar-refractivity contribution in [1.82, 2.24) is 0 Å². The Kier molecular flexibility index (Phi) is 5.31. The van der Waals surface area contributed by atoms with Crippen LogP contribution in [0.2, 0.25) is 5.02 Å². The number of anilines is 1. The molecule has 0 heterocycles. The SMILES string of the molecule is Cc1ccc(N)c(SCc2cc(Cl)ccc2OC(F)F)c1. The lowest BCUT2D eigenvalue weighted by Crippen LogP contribution is -2.04. The zero-order valence-electron chi connectivity index (χ0n) is 11.3. The number of hydrogen-bond donors (Lipinski definition) is 1. The Labute approximate surface area is 131 Å². The molecule has 2 N–H and O–H groups in total. The highest BCUT2D eigenvalue weighted by molar-refractivity contribution is 7.98. The Balaban J connectivity index is 2.18. The second kappa shape index (κ2) is 7.00. The second-order valence-corrected chi connectivity index (χ2v) is 5.91. The number of hydrogen-bond acceptors (Lipinski definition) is 3. The third kappa shape index (κ3) is 4.51. The smallest absolute Gasteiger partial charge is 0.387 e. The van der Waals surface area contributed by atoms with E-state index in [0.29, 0.717) is 22.0 Å². The summed E-state index contributed by atoms with van der Waals surface area (Å²) in [5, 5.41) is 0.476. The average Bonchev–Trinajstić information content (AvgIpc) is 2.42. The Morgan fingerprint density at radius 1 is 1.24 bits per heavy atom. The van der Waals surface area contributed by atoms with Crippen LogP contribution in [0.5, 0.6) is 5.75 Å². The highest BCUT2D eigenvalue weighted by Crippen LogP contribution is 2.33. The molecule has 0 saturated heterocycles. The van der Waals surface area contributed by atoms with E-state index < -0.39 is 6.61 Å². The van der Waals surface area contributed by atoms with Gasteiger partial charge >= 0.3 is 6.61 Å². The number of benzene rings is 2. The number of nitrogen functional groups attached to an aromatic ring is 1. The molecule has 0 bridgehead atoms. The van der Waals surface area contributed by atoms with Crippen LogP contribution >= 0.6 is 23.4 Å². The molecular formula is C15H14ClF2NOS. The van der Waals surface area contributed by atoms with E-state index in [0.717, 1.165) is 10.5 Å². The fourth-order valence-electron chi connectivity index (χ4n) is 1.79. The molecule has 0 aliphatic rings. The van der Waals surface area contributed by atoms with Crippen LogP contribution in [0.25, 0.3) is 0 Å². The molecule has 0 aliphatic heterocycles. The molecule has 0 amide bonds. The monoisotopic (exact) mass is 329 g/mol. The predicted octanol–water partition coefficient (Wildman–Crippen LogP) is 5.12. The molecule has 0 aromatic heterocycles. The zero-order chi connectivity index (χ0) is 15.4. The third-order valence-electron chi connectivity index (χ3n) is 2.79. The van der Waals surface area contributed by atoms with Crippen LogP contribution < -0.4 is 10.5 Å². The lowest BCUT2D eigenvalue weighted by Gasteiger charge is -2.12. The van der Waals surface area contributed by atoms with Crippen molar-refractivity contribution < 1.29 is 13.5 Å². The van der Waals surface area contributed by atoms with Gasteiger partial charge in [-0.25, -0.2) is 0 Å². The topological polar surface area (TPSA) is 35.2 Å². The predicted molar refractivity (Wildman–Crippen MR) is 83.2 cm³/mol. The number of nitrogens with two attached hydrogens (primary N) is 1. The van der Waals surface area contributed by atoms with E-state index >= 15 is 0 Å². The van der Waals surface area contributed by atoms with Gasteiger partial charge in [-0.2, -0.15) is 8.78 Å². The Hall–Kier alpha value is -1.46. The summed E-state index contributed by atoms with van der Waals surface area (Å²) in [7, 11) is 0. The van der Waals surface area contributed by atoms with Crippen molar-refractivity contribution in [3.63, 3.8) is 0 Å². The Bertz CT molecular complexity index is 637. The summed E-state index contributed by atoms with van der Waals surface area (Å²) in [6.45, 7) is -0.896. The van der Waals surface area contributed by atoms with Crippen molar-refractivity contribution >= 4 is 29.1 Å². The maximum absolute atomic E-state index is 12.4. The highest BCUT2D eigenvalue weighted by Gasteiger charge is 2.11. The summed E-state index contributed by atoms with van der Waals surface area (Å²) in [5.74, 6) is 0.573. The van der Waals surface area contributed by atoms with Crippen molar-refractivity contribution in [3.8, 4) is 5.75 Å². The number of thioether (sulfide) groups is 1. The summed E-state index contributed by atoms with van der Waals surface area (Å²) < 4.78 is 29.3. The van der Waals surface area contributed by atoms with Crippen LogP contribution in [-0.4, -0.2) is 6.61 Å². The number of aryl methyl sites for hydroxylation is 1. The number of alkyl halides is 2. The molecule has 2 aromatic carbocycles. The highest BCUT2D eigenvalue weighted by atomic mass is 35.5. The van der Waals surface area contributed by atoms with Gasteiger partial charge in [-0.05, 0) is 42.8 Å². The molecule has 0 saturated carbocycles. The standard InChI is InChI=1S/C15H14ClF2NOS/c1-9-2-4-12(19)14(6-9)21-8-10-7-11(16)3-5-13(10)20-15(17)18/h2-7,15H,8,19H2,1H3. The first kappa shape index (κ1) is 15.9. The van der Waals surface area contributed by atoms with Crippen molar-refractivity contribution in [2.45, 2.75) is 24.2 Å². The van der Waals surface area contributed by atoms with Gasteiger partial charge in [-0.3, -0.25) is 0 Å². The molecular weight excluding hydrogens is 316 g/mol. The largest absolute Gasteiger partial charge is 0.435 e. The van der Waals surface area contributed by atoms with E-state index in [4.69, 9.17) is 17.3 Å². The first-order valence-electron chi connectivity index (χ1n) is 6.18. The lowest BCUT2D eigenvalue weighted by atomic mass is 10.2. The molecule has 0 radical (unpaired) electrons. The maximum Gasteiger partial charge on any atom is 0.387 e. The van der Waals surface area contributed by atoms with Crippen LogP contribution in [0, 0.1) is 6.92 Å². The van der Waals surface area contributed by atoms with Crippen LogP contribution in [0.15, 0.2) is 41.3 Å². The first-order chi connectivity index (χ1) is 9.95.